The number of nitrogens with zero attached hydrogens (tertiary/aromatic N) is 1. The number of aryl methyl sites for hydroxylation is 2. The SMILES string of the molecule is CC[NH+](CC)CCN(Cc1cc2cc(C)cc(C)c2[nH]c1=O)C(=S)NC. The van der Waals surface area contributed by atoms with Crippen molar-refractivity contribution in [2.75, 3.05) is 33.2 Å². The van der Waals surface area contributed by atoms with E-state index in [4.69, 9.17) is 12.2 Å². The van der Waals surface area contributed by atoms with Crippen LogP contribution in [0.5, 0.6) is 0 Å². The van der Waals surface area contributed by atoms with E-state index in [0.29, 0.717) is 11.7 Å². The quantitative estimate of drug-likeness (QED) is 0.640. The maximum atomic E-state index is 12.6. The van der Waals surface area contributed by atoms with Gasteiger partial charge in [-0.05, 0) is 63.0 Å². The number of likely N-dealkylation sites (N-methyl/N-ethyl adjacent to an activating group) is 1. The number of pyridine rings is 1. The van der Waals surface area contributed by atoms with E-state index in [9.17, 15) is 4.79 Å². The lowest BCUT2D eigenvalue weighted by Gasteiger charge is -2.26. The zero-order valence-corrected chi connectivity index (χ0v) is 17.3. The third-order valence-corrected chi connectivity index (χ3v) is 5.43. The van der Waals surface area contributed by atoms with Crippen LogP contribution in [0.1, 0.15) is 30.5 Å². The van der Waals surface area contributed by atoms with E-state index in [1.165, 1.54) is 10.5 Å². The van der Waals surface area contributed by atoms with Crippen molar-refractivity contribution in [1.29, 1.82) is 0 Å². The third-order valence-electron chi connectivity index (χ3n) is 4.97. The molecule has 5 nitrogen and oxygen atoms in total. The van der Waals surface area contributed by atoms with Gasteiger partial charge in [0.05, 0.1) is 38.2 Å². The molecule has 2 rings (SSSR count). The Balaban J connectivity index is 2.30. The number of hydrogen-bond acceptors (Lipinski definition) is 2. The minimum atomic E-state index is -0.0384. The summed E-state index contributed by atoms with van der Waals surface area (Å²) >= 11 is 5.47. The number of quaternary nitrogens is 1. The minimum Gasteiger partial charge on any atom is -0.366 e. The summed E-state index contributed by atoms with van der Waals surface area (Å²) in [5.41, 5.74) is 3.91. The van der Waals surface area contributed by atoms with E-state index in [1.807, 2.05) is 20.0 Å². The van der Waals surface area contributed by atoms with Gasteiger partial charge in [-0.25, -0.2) is 0 Å². The van der Waals surface area contributed by atoms with Crippen LogP contribution in [0.25, 0.3) is 10.9 Å². The van der Waals surface area contributed by atoms with Crippen LogP contribution >= 0.6 is 12.2 Å². The van der Waals surface area contributed by atoms with Crippen molar-refractivity contribution in [3.05, 3.63) is 45.2 Å². The Morgan fingerprint density at radius 3 is 2.54 bits per heavy atom. The average molecular weight is 376 g/mol. The lowest BCUT2D eigenvalue weighted by molar-refractivity contribution is -0.895. The van der Waals surface area contributed by atoms with Crippen LogP contribution in [0.2, 0.25) is 0 Å². The Morgan fingerprint density at radius 1 is 1.23 bits per heavy atom. The highest BCUT2D eigenvalue weighted by atomic mass is 32.1. The highest BCUT2D eigenvalue weighted by molar-refractivity contribution is 7.80. The smallest absolute Gasteiger partial charge is 0.253 e. The third kappa shape index (κ3) is 4.83. The largest absolute Gasteiger partial charge is 0.366 e. The van der Waals surface area contributed by atoms with Crippen molar-refractivity contribution in [2.24, 2.45) is 0 Å². The van der Waals surface area contributed by atoms with Gasteiger partial charge in [0, 0.05) is 12.6 Å². The molecule has 3 N–H and O–H groups in total. The van der Waals surface area contributed by atoms with Crippen molar-refractivity contribution < 1.29 is 4.90 Å². The monoisotopic (exact) mass is 375 g/mol. The fourth-order valence-corrected chi connectivity index (χ4v) is 3.52. The molecule has 0 amide bonds. The van der Waals surface area contributed by atoms with Crippen LogP contribution < -0.4 is 15.8 Å². The van der Waals surface area contributed by atoms with E-state index in [2.05, 4.69) is 48.1 Å². The van der Waals surface area contributed by atoms with Crippen LogP contribution in [-0.2, 0) is 6.54 Å². The fourth-order valence-electron chi connectivity index (χ4n) is 3.36. The molecule has 0 bridgehead atoms. The number of H-pyrrole nitrogens is 1. The van der Waals surface area contributed by atoms with Gasteiger partial charge < -0.3 is 20.1 Å². The fraction of sp³-hybridized carbons (Fsp3) is 0.500. The number of thiocarbonyl (C=S) groups is 1. The molecular formula is C20H31N4OS+. The van der Waals surface area contributed by atoms with E-state index < -0.39 is 0 Å². The summed E-state index contributed by atoms with van der Waals surface area (Å²) in [6, 6.07) is 6.21. The van der Waals surface area contributed by atoms with Crippen molar-refractivity contribution in [2.45, 2.75) is 34.2 Å². The van der Waals surface area contributed by atoms with Crippen molar-refractivity contribution >= 4 is 28.2 Å². The van der Waals surface area contributed by atoms with E-state index in [-0.39, 0.29) is 5.56 Å². The molecule has 1 heterocycles. The molecule has 0 radical (unpaired) electrons. The molecule has 0 aliphatic carbocycles. The molecular weight excluding hydrogens is 344 g/mol. The number of rotatable bonds is 7. The van der Waals surface area contributed by atoms with Crippen molar-refractivity contribution in [3.63, 3.8) is 0 Å². The first-order valence-electron chi connectivity index (χ1n) is 9.32. The Labute approximate surface area is 161 Å². The molecule has 0 saturated carbocycles. The van der Waals surface area contributed by atoms with Gasteiger partial charge in [-0.2, -0.15) is 0 Å². The van der Waals surface area contributed by atoms with Gasteiger partial charge in [0.1, 0.15) is 0 Å². The first-order valence-corrected chi connectivity index (χ1v) is 9.73. The average Bonchev–Trinajstić information content (AvgIpc) is 2.62. The summed E-state index contributed by atoms with van der Waals surface area (Å²) in [5, 5.41) is 4.80. The lowest BCUT2D eigenvalue weighted by Crippen LogP contribution is -3.12. The van der Waals surface area contributed by atoms with Gasteiger partial charge in [0.25, 0.3) is 5.56 Å². The van der Waals surface area contributed by atoms with Crippen molar-refractivity contribution in [3.8, 4) is 0 Å². The van der Waals surface area contributed by atoms with Crippen LogP contribution in [0, 0.1) is 13.8 Å². The highest BCUT2D eigenvalue weighted by Crippen LogP contribution is 2.18. The molecule has 0 atom stereocenters. The molecule has 1 aromatic heterocycles. The summed E-state index contributed by atoms with van der Waals surface area (Å²) in [6.07, 6.45) is 0. The Kier molecular flexibility index (Phi) is 7.17. The second-order valence-corrected chi connectivity index (χ2v) is 7.24. The molecule has 6 heteroatoms. The first kappa shape index (κ1) is 20.4. The standard InChI is InChI=1S/C20H30N4OS/c1-6-23(7-2)8-9-24(20(26)21-5)13-17-12-16-11-14(3)10-15(4)18(16)22-19(17)25/h10-12H,6-9,13H2,1-5H3,(H,21,26)(H,22,25)/p+1. The molecule has 2 aromatic rings. The topological polar surface area (TPSA) is 52.6 Å². The van der Waals surface area contributed by atoms with Crippen LogP contribution in [0.4, 0.5) is 0 Å². The summed E-state index contributed by atoms with van der Waals surface area (Å²) in [4.78, 5) is 19.3. The molecule has 0 aliphatic rings. The predicted molar refractivity (Wildman–Crippen MR) is 113 cm³/mol. The van der Waals surface area contributed by atoms with Gasteiger partial charge in [0.2, 0.25) is 0 Å². The number of nitrogens with one attached hydrogen (secondary N) is 3. The summed E-state index contributed by atoms with van der Waals surface area (Å²) in [7, 11) is 1.83. The zero-order chi connectivity index (χ0) is 19.3. The van der Waals surface area contributed by atoms with Crippen LogP contribution in [0.15, 0.2) is 23.0 Å². The molecule has 0 saturated heterocycles. The van der Waals surface area contributed by atoms with E-state index in [0.717, 1.165) is 48.2 Å². The minimum absolute atomic E-state index is 0.0384. The number of benzene rings is 1. The van der Waals surface area contributed by atoms with Gasteiger partial charge in [0.15, 0.2) is 5.11 Å². The second kappa shape index (κ2) is 9.14. The van der Waals surface area contributed by atoms with Gasteiger partial charge >= 0.3 is 0 Å². The number of aromatic nitrogens is 1. The first-order chi connectivity index (χ1) is 12.4. The summed E-state index contributed by atoms with van der Waals surface area (Å²) in [6.45, 7) is 13.0. The van der Waals surface area contributed by atoms with Gasteiger partial charge in [-0.3, -0.25) is 4.79 Å². The zero-order valence-electron chi connectivity index (χ0n) is 16.5. The molecule has 142 valence electrons. The number of hydrogen-bond donors (Lipinski definition) is 3. The predicted octanol–water partition coefficient (Wildman–Crippen LogP) is 1.38. The van der Waals surface area contributed by atoms with E-state index >= 15 is 0 Å². The highest BCUT2D eigenvalue weighted by Gasteiger charge is 2.15. The van der Waals surface area contributed by atoms with Gasteiger partial charge in [-0.15, -0.1) is 0 Å². The normalized spacial score (nSPS) is 11.2. The van der Waals surface area contributed by atoms with E-state index in [1.54, 1.807) is 0 Å². The number of fused-ring (bicyclic) bond motifs is 1. The maximum Gasteiger partial charge on any atom is 0.253 e. The molecule has 0 unspecified atom stereocenters. The Bertz CT molecular complexity index is 826. The molecule has 0 aliphatic heterocycles. The summed E-state index contributed by atoms with van der Waals surface area (Å²) < 4.78 is 0. The summed E-state index contributed by atoms with van der Waals surface area (Å²) in [5.74, 6) is 0. The number of aromatic amines is 1. The van der Waals surface area contributed by atoms with Crippen molar-refractivity contribution in [1.82, 2.24) is 15.2 Å². The molecule has 26 heavy (non-hydrogen) atoms. The molecule has 0 fully saturated rings. The van der Waals surface area contributed by atoms with Crippen LogP contribution in [-0.4, -0.2) is 48.2 Å². The molecule has 0 spiro atoms. The Hall–Kier alpha value is -1.92. The maximum absolute atomic E-state index is 12.6. The lowest BCUT2D eigenvalue weighted by atomic mass is 10.1. The second-order valence-electron chi connectivity index (χ2n) is 6.85. The van der Waals surface area contributed by atoms with Gasteiger partial charge in [-0.1, -0.05) is 11.6 Å². The molecule has 1 aromatic carbocycles. The van der Waals surface area contributed by atoms with Crippen LogP contribution in [0.3, 0.4) is 0 Å². The Morgan fingerprint density at radius 2 is 1.92 bits per heavy atom.